The van der Waals surface area contributed by atoms with Gasteiger partial charge in [-0.2, -0.15) is 0 Å². The molecule has 0 N–H and O–H groups in total. The molecule has 0 unspecified atom stereocenters. The Bertz CT molecular complexity index is 1310. The molecule has 0 atom stereocenters. The molecule has 0 amide bonds. The maximum absolute atomic E-state index is 13.0. The molecule has 0 saturated heterocycles. The van der Waals surface area contributed by atoms with Crippen LogP contribution < -0.4 is 28.4 Å². The van der Waals surface area contributed by atoms with Crippen LogP contribution in [0.3, 0.4) is 0 Å². The second-order valence-corrected chi connectivity index (χ2v) is 11.6. The van der Waals surface area contributed by atoms with Gasteiger partial charge < -0.3 is 42.8 Å². The van der Waals surface area contributed by atoms with Gasteiger partial charge in [0.25, 0.3) is 0 Å². The topological polar surface area (TPSA) is 111 Å². The number of benzene rings is 2. The Labute approximate surface area is 271 Å². The Hall–Kier alpha value is -4.12. The van der Waals surface area contributed by atoms with Crippen LogP contribution in [0.4, 0.5) is 0 Å². The van der Waals surface area contributed by atoms with Crippen molar-refractivity contribution in [1.82, 2.24) is 4.90 Å². The van der Waals surface area contributed by atoms with Gasteiger partial charge in [-0.1, -0.05) is 0 Å². The number of ether oxygens (including phenoxy) is 8. The summed E-state index contributed by atoms with van der Waals surface area (Å²) in [5.74, 6) is 2.01. The minimum atomic E-state index is -0.401. The van der Waals surface area contributed by atoms with Crippen molar-refractivity contribution in [2.45, 2.75) is 75.7 Å². The molecule has 0 radical (unpaired) electrons. The van der Waals surface area contributed by atoms with E-state index in [-0.39, 0.29) is 18.2 Å². The van der Waals surface area contributed by atoms with E-state index < -0.39 is 5.97 Å². The van der Waals surface area contributed by atoms with Gasteiger partial charge >= 0.3 is 11.9 Å². The predicted octanol–water partition coefficient (Wildman–Crippen LogP) is 5.71. The lowest BCUT2D eigenvalue weighted by Gasteiger charge is -2.41. The van der Waals surface area contributed by atoms with Crippen molar-refractivity contribution in [2.24, 2.45) is 0 Å². The highest BCUT2D eigenvalue weighted by Crippen LogP contribution is 2.40. The number of carbonyl (C=O) groups excluding carboxylic acids is 2. The Morgan fingerprint density at radius 3 is 1.43 bits per heavy atom. The number of nitrogens with zero attached hydrogens (tertiary/aromatic N) is 1. The van der Waals surface area contributed by atoms with Gasteiger partial charge in [-0.15, -0.1) is 0 Å². The third-order valence-corrected chi connectivity index (χ3v) is 9.00. The van der Waals surface area contributed by atoms with E-state index in [0.717, 1.165) is 56.9 Å². The summed E-state index contributed by atoms with van der Waals surface area (Å²) in [4.78, 5) is 28.0. The molecule has 46 heavy (non-hydrogen) atoms. The molecule has 252 valence electrons. The van der Waals surface area contributed by atoms with Crippen LogP contribution in [-0.4, -0.2) is 90.8 Å². The summed E-state index contributed by atoms with van der Waals surface area (Å²) < 4.78 is 43.9. The zero-order chi connectivity index (χ0) is 33.2. The second kappa shape index (κ2) is 16.4. The molecule has 0 spiro atoms. The van der Waals surface area contributed by atoms with E-state index in [1.54, 1.807) is 51.7 Å². The molecule has 0 bridgehead atoms. The molecule has 0 aromatic heterocycles. The Balaban J connectivity index is 1.22. The molecule has 4 rings (SSSR count). The van der Waals surface area contributed by atoms with Gasteiger partial charge in [0, 0.05) is 18.2 Å². The highest BCUT2D eigenvalue weighted by Gasteiger charge is 2.33. The van der Waals surface area contributed by atoms with Crippen molar-refractivity contribution in [2.75, 3.05) is 49.7 Å². The molecule has 2 aromatic rings. The molecular formula is C35H47NO10. The van der Waals surface area contributed by atoms with E-state index in [9.17, 15) is 9.59 Å². The van der Waals surface area contributed by atoms with Crippen LogP contribution in [0, 0.1) is 0 Å². The van der Waals surface area contributed by atoms with Crippen molar-refractivity contribution < 1.29 is 47.5 Å². The summed E-state index contributed by atoms with van der Waals surface area (Å²) >= 11 is 0. The standard InChI is InChI=1S/C35H47NO10/c1-36(25-11-15-27(16-12-25)46-35(38)23-20-30(41-4)34(44-7)31(21-23)42-5)24-9-13-26(14-10-24)45-32(37)17-8-22-18-28(39-2)33(43-6)29(19-22)40-3/h8,17-21,24-27H,9-16H2,1-7H3/b17-8+. The smallest absolute Gasteiger partial charge is 0.338 e. The lowest BCUT2D eigenvalue weighted by atomic mass is 9.87. The number of carbonyl (C=O) groups is 2. The second-order valence-electron chi connectivity index (χ2n) is 11.6. The van der Waals surface area contributed by atoms with Gasteiger partial charge in [0.15, 0.2) is 23.0 Å². The third kappa shape index (κ3) is 8.37. The monoisotopic (exact) mass is 641 g/mol. The SMILES string of the molecule is COc1cc(/C=C/C(=O)OC2CCC(N(C)C3CCC(OC(=O)c4cc(OC)c(OC)c(OC)c4)CC3)CC2)cc(OC)c1OC. The van der Waals surface area contributed by atoms with Crippen LogP contribution in [0.2, 0.25) is 0 Å². The molecule has 2 aliphatic carbocycles. The van der Waals surface area contributed by atoms with Gasteiger partial charge in [-0.05, 0) is 94.3 Å². The largest absolute Gasteiger partial charge is 0.493 e. The first-order valence-corrected chi connectivity index (χ1v) is 15.7. The van der Waals surface area contributed by atoms with E-state index in [1.807, 2.05) is 0 Å². The van der Waals surface area contributed by atoms with Gasteiger partial charge in [-0.25, -0.2) is 9.59 Å². The maximum Gasteiger partial charge on any atom is 0.338 e. The lowest BCUT2D eigenvalue weighted by molar-refractivity contribution is -0.145. The Morgan fingerprint density at radius 2 is 1.02 bits per heavy atom. The normalized spacial score (nSPS) is 21.4. The highest BCUT2D eigenvalue weighted by molar-refractivity contribution is 5.91. The third-order valence-electron chi connectivity index (χ3n) is 9.00. The highest BCUT2D eigenvalue weighted by atomic mass is 16.6. The van der Waals surface area contributed by atoms with Crippen LogP contribution in [0.15, 0.2) is 30.3 Å². The predicted molar refractivity (Wildman–Crippen MR) is 173 cm³/mol. The van der Waals surface area contributed by atoms with E-state index >= 15 is 0 Å². The van der Waals surface area contributed by atoms with E-state index in [0.29, 0.717) is 52.1 Å². The summed E-state index contributed by atoms with van der Waals surface area (Å²) in [6.45, 7) is 0. The first-order valence-electron chi connectivity index (χ1n) is 15.7. The zero-order valence-corrected chi connectivity index (χ0v) is 28.0. The number of rotatable bonds is 13. The van der Waals surface area contributed by atoms with Crippen molar-refractivity contribution in [3.05, 3.63) is 41.5 Å². The quantitative estimate of drug-likeness (QED) is 0.198. The van der Waals surface area contributed by atoms with E-state index in [2.05, 4.69) is 11.9 Å². The van der Waals surface area contributed by atoms with E-state index in [4.69, 9.17) is 37.9 Å². The molecular weight excluding hydrogens is 594 g/mol. The van der Waals surface area contributed by atoms with Crippen molar-refractivity contribution >= 4 is 18.0 Å². The molecule has 11 nitrogen and oxygen atoms in total. The van der Waals surface area contributed by atoms with Crippen LogP contribution in [-0.2, 0) is 14.3 Å². The minimum absolute atomic E-state index is 0.105. The molecule has 2 aromatic carbocycles. The van der Waals surface area contributed by atoms with Gasteiger partial charge in [0.1, 0.15) is 12.2 Å². The first-order chi connectivity index (χ1) is 22.2. The Kier molecular flexibility index (Phi) is 12.4. The van der Waals surface area contributed by atoms with Crippen molar-refractivity contribution in [1.29, 1.82) is 0 Å². The van der Waals surface area contributed by atoms with Gasteiger partial charge in [-0.3, -0.25) is 0 Å². The number of hydrogen-bond acceptors (Lipinski definition) is 11. The lowest BCUT2D eigenvalue weighted by Crippen LogP contribution is -2.45. The number of hydrogen-bond donors (Lipinski definition) is 0. The summed E-state index contributed by atoms with van der Waals surface area (Å²) in [6.07, 6.45) is 9.94. The zero-order valence-electron chi connectivity index (χ0n) is 28.0. The summed E-state index contributed by atoms with van der Waals surface area (Å²) in [7, 11) is 11.4. The van der Waals surface area contributed by atoms with E-state index in [1.165, 1.54) is 27.4 Å². The summed E-state index contributed by atoms with van der Waals surface area (Å²) in [5.41, 5.74) is 1.10. The average Bonchev–Trinajstić information content (AvgIpc) is 3.09. The average molecular weight is 642 g/mol. The minimum Gasteiger partial charge on any atom is -0.493 e. The van der Waals surface area contributed by atoms with Crippen LogP contribution >= 0.6 is 0 Å². The van der Waals surface area contributed by atoms with Crippen LogP contribution in [0.5, 0.6) is 34.5 Å². The van der Waals surface area contributed by atoms with Crippen molar-refractivity contribution in [3.8, 4) is 34.5 Å². The number of methoxy groups -OCH3 is 6. The van der Waals surface area contributed by atoms with Gasteiger partial charge in [0.05, 0.1) is 48.2 Å². The van der Waals surface area contributed by atoms with Gasteiger partial charge in [0.2, 0.25) is 11.5 Å². The molecule has 2 saturated carbocycles. The molecule has 2 aliphatic rings. The summed E-state index contributed by atoms with van der Waals surface area (Å²) in [5, 5.41) is 0. The fraction of sp³-hybridized carbons (Fsp3) is 0.543. The fourth-order valence-electron chi connectivity index (χ4n) is 6.42. The molecule has 11 heteroatoms. The fourth-order valence-corrected chi connectivity index (χ4v) is 6.42. The molecule has 0 aliphatic heterocycles. The van der Waals surface area contributed by atoms with Crippen LogP contribution in [0.25, 0.3) is 6.08 Å². The molecule has 0 heterocycles. The van der Waals surface area contributed by atoms with Crippen LogP contribution in [0.1, 0.15) is 67.3 Å². The maximum atomic E-state index is 13.0. The summed E-state index contributed by atoms with van der Waals surface area (Å²) in [6, 6.07) is 7.62. The number of esters is 2. The molecule has 2 fully saturated rings. The first kappa shape index (κ1) is 34.7. The Morgan fingerprint density at radius 1 is 0.609 bits per heavy atom. The van der Waals surface area contributed by atoms with Crippen molar-refractivity contribution in [3.63, 3.8) is 0 Å².